The maximum absolute atomic E-state index is 12.2. The van der Waals surface area contributed by atoms with Crippen LogP contribution in [0.15, 0.2) is 24.3 Å². The second kappa shape index (κ2) is 8.36. The average molecular weight is 345 g/mol. The number of nitrogens with one attached hydrogen (secondary N) is 1. The van der Waals surface area contributed by atoms with Crippen LogP contribution in [0, 0.1) is 12.8 Å². The van der Waals surface area contributed by atoms with Crippen LogP contribution in [0.25, 0.3) is 11.4 Å². The Morgan fingerprint density at radius 2 is 1.92 bits per heavy atom. The third kappa shape index (κ3) is 5.37. The second-order valence-corrected chi connectivity index (χ2v) is 6.28. The van der Waals surface area contributed by atoms with Crippen LogP contribution in [0.4, 0.5) is 0 Å². The van der Waals surface area contributed by atoms with Crippen molar-refractivity contribution >= 4 is 11.9 Å². The van der Waals surface area contributed by atoms with E-state index < -0.39 is 12.0 Å². The number of ether oxygens (including phenoxy) is 1. The van der Waals surface area contributed by atoms with Crippen LogP contribution in [-0.2, 0) is 20.9 Å². The van der Waals surface area contributed by atoms with Crippen molar-refractivity contribution in [3.8, 4) is 11.4 Å². The Bertz CT molecular complexity index is 724. The summed E-state index contributed by atoms with van der Waals surface area (Å²) >= 11 is 0. The Balaban J connectivity index is 2.00. The average Bonchev–Trinajstić information content (AvgIpc) is 3.02. The van der Waals surface area contributed by atoms with E-state index in [1.165, 1.54) is 11.9 Å². The van der Waals surface area contributed by atoms with Crippen molar-refractivity contribution in [3.63, 3.8) is 0 Å². The van der Waals surface area contributed by atoms with Crippen molar-refractivity contribution in [2.75, 3.05) is 7.11 Å². The lowest BCUT2D eigenvalue weighted by Gasteiger charge is -2.17. The Kier molecular flexibility index (Phi) is 6.21. The fourth-order valence-corrected chi connectivity index (χ4v) is 2.32. The summed E-state index contributed by atoms with van der Waals surface area (Å²) in [5.74, 6) is -0.153. The van der Waals surface area contributed by atoms with Gasteiger partial charge in [-0.1, -0.05) is 43.7 Å². The van der Waals surface area contributed by atoms with Crippen LogP contribution >= 0.6 is 0 Å². The molecule has 0 saturated carbocycles. The molecule has 1 aromatic carbocycles. The Hall–Kier alpha value is -2.77. The monoisotopic (exact) mass is 345 g/mol. The van der Waals surface area contributed by atoms with Crippen molar-refractivity contribution < 1.29 is 14.3 Å². The van der Waals surface area contributed by atoms with Gasteiger partial charge in [0, 0.05) is 5.56 Å². The summed E-state index contributed by atoms with van der Waals surface area (Å²) in [5, 5.41) is 14.7. The molecule has 1 aromatic heterocycles. The van der Waals surface area contributed by atoms with E-state index in [1.54, 1.807) is 0 Å². The van der Waals surface area contributed by atoms with E-state index in [0.29, 0.717) is 12.2 Å². The van der Waals surface area contributed by atoms with Crippen molar-refractivity contribution in [2.24, 2.45) is 5.92 Å². The van der Waals surface area contributed by atoms with E-state index in [2.05, 4.69) is 20.7 Å². The number of aromatic nitrogens is 4. The fourth-order valence-electron chi connectivity index (χ4n) is 2.32. The lowest BCUT2D eigenvalue weighted by Crippen LogP contribution is -2.43. The maximum atomic E-state index is 12.2. The van der Waals surface area contributed by atoms with Gasteiger partial charge in [0.15, 0.2) is 0 Å². The molecule has 0 fully saturated rings. The van der Waals surface area contributed by atoms with Crippen LogP contribution in [0.2, 0.25) is 0 Å². The quantitative estimate of drug-likeness (QED) is 0.761. The van der Waals surface area contributed by atoms with Gasteiger partial charge < -0.3 is 10.1 Å². The molecule has 1 amide bonds. The van der Waals surface area contributed by atoms with E-state index in [9.17, 15) is 9.59 Å². The SMILES string of the molecule is COC(=O)[C@H](CC(C)C)NC(=O)Cn1nnc(-c2ccc(C)cc2)n1. The number of carbonyl (C=O) groups excluding carboxylic acids is 2. The van der Waals surface area contributed by atoms with Gasteiger partial charge in [-0.3, -0.25) is 4.79 Å². The first-order chi connectivity index (χ1) is 11.9. The predicted molar refractivity (Wildman–Crippen MR) is 91.4 cm³/mol. The number of nitrogens with zero attached hydrogens (tertiary/aromatic N) is 4. The number of tetrazole rings is 1. The van der Waals surface area contributed by atoms with Gasteiger partial charge in [0.2, 0.25) is 11.7 Å². The van der Waals surface area contributed by atoms with Gasteiger partial charge in [0.25, 0.3) is 0 Å². The minimum absolute atomic E-state index is 0.121. The van der Waals surface area contributed by atoms with Gasteiger partial charge in [0.05, 0.1) is 7.11 Å². The lowest BCUT2D eigenvalue weighted by atomic mass is 10.0. The predicted octanol–water partition coefficient (Wildman–Crippen LogP) is 1.35. The number of aryl methyl sites for hydroxylation is 1. The Labute approximate surface area is 146 Å². The van der Waals surface area contributed by atoms with Crippen LogP contribution < -0.4 is 5.32 Å². The van der Waals surface area contributed by atoms with Gasteiger partial charge in [-0.2, -0.15) is 4.80 Å². The standard InChI is InChI=1S/C17H23N5O3/c1-11(2)9-14(17(24)25-4)18-15(23)10-22-20-16(19-21-22)13-7-5-12(3)6-8-13/h5-8,11,14H,9-10H2,1-4H3,(H,18,23)/t14-/m0/s1. The summed E-state index contributed by atoms with van der Waals surface area (Å²) in [5.41, 5.74) is 1.96. The van der Waals surface area contributed by atoms with E-state index in [1.807, 2.05) is 45.0 Å². The maximum Gasteiger partial charge on any atom is 0.328 e. The van der Waals surface area contributed by atoms with E-state index in [-0.39, 0.29) is 18.4 Å². The molecule has 2 aromatic rings. The van der Waals surface area contributed by atoms with Crippen molar-refractivity contribution in [1.82, 2.24) is 25.5 Å². The highest BCUT2D eigenvalue weighted by molar-refractivity contribution is 5.84. The molecular weight excluding hydrogens is 322 g/mol. The van der Waals surface area contributed by atoms with Crippen LogP contribution in [0.1, 0.15) is 25.8 Å². The van der Waals surface area contributed by atoms with Crippen molar-refractivity contribution in [1.29, 1.82) is 0 Å². The molecule has 0 radical (unpaired) electrons. The zero-order valence-corrected chi connectivity index (χ0v) is 14.9. The molecule has 0 bridgehead atoms. The summed E-state index contributed by atoms with van der Waals surface area (Å²) in [6, 6.07) is 7.02. The molecule has 2 rings (SSSR count). The smallest absolute Gasteiger partial charge is 0.328 e. The normalized spacial score (nSPS) is 12.0. The molecule has 0 spiro atoms. The largest absolute Gasteiger partial charge is 0.467 e. The molecule has 0 aliphatic carbocycles. The molecule has 1 atom stereocenters. The van der Waals surface area contributed by atoms with Gasteiger partial charge in [-0.15, -0.1) is 10.2 Å². The summed E-state index contributed by atoms with van der Waals surface area (Å²) in [6.07, 6.45) is 0.498. The van der Waals surface area contributed by atoms with Crippen LogP contribution in [0.3, 0.4) is 0 Å². The molecule has 134 valence electrons. The minimum atomic E-state index is -0.683. The number of hydrogen-bond acceptors (Lipinski definition) is 6. The molecule has 8 nitrogen and oxygen atoms in total. The second-order valence-electron chi connectivity index (χ2n) is 6.28. The topological polar surface area (TPSA) is 99.0 Å². The number of benzene rings is 1. The highest BCUT2D eigenvalue weighted by Crippen LogP contribution is 2.13. The lowest BCUT2D eigenvalue weighted by molar-refractivity contribution is -0.145. The molecule has 1 heterocycles. The third-order valence-corrected chi connectivity index (χ3v) is 3.58. The summed E-state index contributed by atoms with van der Waals surface area (Å²) < 4.78 is 4.73. The van der Waals surface area contributed by atoms with E-state index in [0.717, 1.165) is 11.1 Å². The summed E-state index contributed by atoms with van der Waals surface area (Å²) in [7, 11) is 1.30. The fraction of sp³-hybridized carbons (Fsp3) is 0.471. The minimum Gasteiger partial charge on any atom is -0.467 e. The third-order valence-electron chi connectivity index (χ3n) is 3.58. The number of methoxy groups -OCH3 is 1. The molecule has 0 saturated heterocycles. The molecular formula is C17H23N5O3. The highest BCUT2D eigenvalue weighted by Gasteiger charge is 2.23. The number of amides is 1. The van der Waals surface area contributed by atoms with Gasteiger partial charge >= 0.3 is 5.97 Å². The number of rotatable bonds is 7. The molecule has 0 aliphatic heterocycles. The summed E-state index contributed by atoms with van der Waals surface area (Å²) in [6.45, 7) is 5.81. The first kappa shape index (κ1) is 18.6. The number of esters is 1. The molecule has 25 heavy (non-hydrogen) atoms. The zero-order chi connectivity index (χ0) is 18.4. The number of hydrogen-bond donors (Lipinski definition) is 1. The summed E-state index contributed by atoms with van der Waals surface area (Å²) in [4.78, 5) is 25.1. The van der Waals surface area contributed by atoms with Gasteiger partial charge in [-0.25, -0.2) is 4.79 Å². The Morgan fingerprint density at radius 3 is 2.52 bits per heavy atom. The van der Waals surface area contributed by atoms with E-state index >= 15 is 0 Å². The molecule has 8 heteroatoms. The zero-order valence-electron chi connectivity index (χ0n) is 14.9. The number of carbonyl (C=O) groups is 2. The Morgan fingerprint density at radius 1 is 1.24 bits per heavy atom. The molecule has 0 aliphatic rings. The molecule has 0 unspecified atom stereocenters. The van der Waals surface area contributed by atoms with Crippen LogP contribution in [-0.4, -0.2) is 45.2 Å². The van der Waals surface area contributed by atoms with Crippen molar-refractivity contribution in [3.05, 3.63) is 29.8 Å². The first-order valence-corrected chi connectivity index (χ1v) is 8.11. The highest BCUT2D eigenvalue weighted by atomic mass is 16.5. The molecule has 1 N–H and O–H groups in total. The van der Waals surface area contributed by atoms with Gasteiger partial charge in [0.1, 0.15) is 12.6 Å². The van der Waals surface area contributed by atoms with Crippen molar-refractivity contribution in [2.45, 2.75) is 39.8 Å². The van der Waals surface area contributed by atoms with Gasteiger partial charge in [-0.05, 0) is 24.5 Å². The van der Waals surface area contributed by atoms with Crippen LogP contribution in [0.5, 0.6) is 0 Å². The van der Waals surface area contributed by atoms with E-state index in [4.69, 9.17) is 4.74 Å². The first-order valence-electron chi connectivity index (χ1n) is 8.11.